The van der Waals surface area contributed by atoms with Crippen LogP contribution in [-0.4, -0.2) is 10.1 Å². The van der Waals surface area contributed by atoms with Crippen molar-refractivity contribution in [2.75, 3.05) is 0 Å². The largest absolute Gasteiger partial charge is 0.392 e. The summed E-state index contributed by atoms with van der Waals surface area (Å²) in [5, 5.41) is 13.8. The van der Waals surface area contributed by atoms with Crippen LogP contribution in [0, 0.1) is 0 Å². The number of aromatic amines is 1. The van der Waals surface area contributed by atoms with Gasteiger partial charge in [-0.3, -0.25) is 0 Å². The second-order valence-electron chi connectivity index (χ2n) is 4.98. The second kappa shape index (κ2) is 5.90. The summed E-state index contributed by atoms with van der Waals surface area (Å²) in [6.07, 6.45) is 1.96. The first-order chi connectivity index (χ1) is 9.85. The Morgan fingerprint density at radius 2 is 1.70 bits per heavy atom. The predicted octanol–water partition coefficient (Wildman–Crippen LogP) is 2.95. The smallest absolute Gasteiger partial charge is 0.0681 e. The number of H-pyrrole nitrogens is 1. The van der Waals surface area contributed by atoms with Gasteiger partial charge in [0.25, 0.3) is 0 Å². The summed E-state index contributed by atoms with van der Waals surface area (Å²) in [6.45, 7) is 1.74. The molecular weight excluding hydrogens is 248 g/mol. The van der Waals surface area contributed by atoms with Crippen LogP contribution in [0.2, 0.25) is 0 Å². The zero-order valence-electron chi connectivity index (χ0n) is 11.3. The van der Waals surface area contributed by atoms with E-state index in [9.17, 15) is 0 Å². The van der Waals surface area contributed by atoms with Crippen molar-refractivity contribution in [3.8, 4) is 0 Å². The molecule has 1 heterocycles. The molecule has 0 saturated carbocycles. The number of hydrogen-bond donors (Lipinski definition) is 3. The fraction of sp³-hybridized carbons (Fsp3) is 0.176. The van der Waals surface area contributed by atoms with Crippen LogP contribution in [-0.2, 0) is 19.7 Å². The Hall–Kier alpha value is -2.10. The van der Waals surface area contributed by atoms with Crippen LogP contribution < -0.4 is 5.32 Å². The second-order valence-corrected chi connectivity index (χ2v) is 4.98. The molecule has 0 aliphatic heterocycles. The van der Waals surface area contributed by atoms with Crippen molar-refractivity contribution in [1.82, 2.24) is 10.3 Å². The van der Waals surface area contributed by atoms with Crippen molar-refractivity contribution in [2.45, 2.75) is 19.7 Å². The molecule has 3 nitrogen and oxygen atoms in total. The maximum Gasteiger partial charge on any atom is 0.0681 e. The zero-order chi connectivity index (χ0) is 13.8. The third kappa shape index (κ3) is 2.90. The Morgan fingerprint density at radius 1 is 0.900 bits per heavy atom. The highest BCUT2D eigenvalue weighted by Gasteiger charge is 1.98. The highest BCUT2D eigenvalue weighted by molar-refractivity contribution is 5.79. The fourth-order valence-electron chi connectivity index (χ4n) is 2.40. The van der Waals surface area contributed by atoms with Gasteiger partial charge >= 0.3 is 0 Å². The molecule has 0 radical (unpaired) electrons. The molecule has 0 amide bonds. The van der Waals surface area contributed by atoms with Crippen LogP contribution in [0.25, 0.3) is 10.9 Å². The average molecular weight is 266 g/mol. The van der Waals surface area contributed by atoms with Crippen LogP contribution in [0.15, 0.2) is 54.7 Å². The predicted molar refractivity (Wildman–Crippen MR) is 81.2 cm³/mol. The maximum absolute atomic E-state index is 9.12. The Labute approximate surface area is 118 Å². The first-order valence-corrected chi connectivity index (χ1v) is 6.80. The van der Waals surface area contributed by atoms with Gasteiger partial charge in [0.05, 0.1) is 6.61 Å². The van der Waals surface area contributed by atoms with Crippen molar-refractivity contribution in [2.24, 2.45) is 0 Å². The minimum absolute atomic E-state index is 0.0952. The standard InChI is InChI=1S/C17H18N2O/c20-12-15-3-1-2-13(8-15)10-18-11-14-4-5-17-16(9-14)6-7-19-17/h1-9,18-20H,10-12H2. The monoisotopic (exact) mass is 266 g/mol. The van der Waals surface area contributed by atoms with E-state index in [1.54, 1.807) is 0 Å². The molecule has 0 unspecified atom stereocenters. The molecule has 20 heavy (non-hydrogen) atoms. The summed E-state index contributed by atoms with van der Waals surface area (Å²) < 4.78 is 0. The number of nitrogens with one attached hydrogen (secondary N) is 2. The van der Waals surface area contributed by atoms with Crippen LogP contribution >= 0.6 is 0 Å². The lowest BCUT2D eigenvalue weighted by Crippen LogP contribution is -2.12. The number of aliphatic hydroxyl groups is 1. The third-order valence-corrected chi connectivity index (χ3v) is 3.45. The molecule has 3 N–H and O–H groups in total. The molecule has 0 atom stereocenters. The Bertz CT molecular complexity index is 703. The lowest BCUT2D eigenvalue weighted by atomic mass is 10.1. The minimum atomic E-state index is 0.0952. The van der Waals surface area contributed by atoms with Gasteiger partial charge in [-0.1, -0.05) is 30.3 Å². The highest BCUT2D eigenvalue weighted by Crippen LogP contribution is 2.14. The average Bonchev–Trinajstić information content (AvgIpc) is 2.95. The number of aliphatic hydroxyl groups excluding tert-OH is 1. The maximum atomic E-state index is 9.12. The Balaban J connectivity index is 1.61. The molecule has 0 fully saturated rings. The molecule has 0 saturated heterocycles. The molecule has 0 aliphatic carbocycles. The van der Waals surface area contributed by atoms with Crippen LogP contribution in [0.1, 0.15) is 16.7 Å². The quantitative estimate of drug-likeness (QED) is 0.665. The summed E-state index contributed by atoms with van der Waals surface area (Å²) >= 11 is 0. The van der Waals surface area contributed by atoms with Gasteiger partial charge in [-0.2, -0.15) is 0 Å². The van der Waals surface area contributed by atoms with E-state index < -0.39 is 0 Å². The summed E-state index contributed by atoms with van der Waals surface area (Å²) in [5.74, 6) is 0. The molecule has 0 spiro atoms. The fourth-order valence-corrected chi connectivity index (χ4v) is 2.40. The van der Waals surface area contributed by atoms with Gasteiger partial charge < -0.3 is 15.4 Å². The first-order valence-electron chi connectivity index (χ1n) is 6.80. The van der Waals surface area contributed by atoms with Crippen molar-refractivity contribution in [3.05, 3.63) is 71.4 Å². The summed E-state index contributed by atoms with van der Waals surface area (Å²) in [4.78, 5) is 3.20. The topological polar surface area (TPSA) is 48.0 Å². The number of aromatic nitrogens is 1. The summed E-state index contributed by atoms with van der Waals surface area (Å²) in [5.41, 5.74) is 4.59. The number of benzene rings is 2. The summed E-state index contributed by atoms with van der Waals surface area (Å²) in [6, 6.07) is 16.5. The van der Waals surface area contributed by atoms with Gasteiger partial charge in [0.2, 0.25) is 0 Å². The molecule has 0 bridgehead atoms. The number of fused-ring (bicyclic) bond motifs is 1. The number of rotatable bonds is 5. The Kier molecular flexibility index (Phi) is 3.81. The Morgan fingerprint density at radius 3 is 2.55 bits per heavy atom. The van der Waals surface area contributed by atoms with Gasteiger partial charge in [-0.15, -0.1) is 0 Å². The normalized spacial score (nSPS) is 11.1. The van der Waals surface area contributed by atoms with E-state index >= 15 is 0 Å². The lowest BCUT2D eigenvalue weighted by molar-refractivity contribution is 0.281. The van der Waals surface area contributed by atoms with Crippen molar-refractivity contribution in [1.29, 1.82) is 0 Å². The number of hydrogen-bond acceptors (Lipinski definition) is 2. The molecule has 3 aromatic rings. The van der Waals surface area contributed by atoms with Gasteiger partial charge in [-0.05, 0) is 40.3 Å². The molecule has 2 aromatic carbocycles. The van der Waals surface area contributed by atoms with E-state index in [0.29, 0.717) is 0 Å². The van der Waals surface area contributed by atoms with E-state index in [1.807, 2.05) is 24.4 Å². The van der Waals surface area contributed by atoms with E-state index in [1.165, 1.54) is 22.0 Å². The van der Waals surface area contributed by atoms with E-state index in [4.69, 9.17) is 5.11 Å². The van der Waals surface area contributed by atoms with Crippen molar-refractivity contribution >= 4 is 10.9 Å². The van der Waals surface area contributed by atoms with E-state index in [0.717, 1.165) is 18.7 Å². The van der Waals surface area contributed by atoms with Crippen LogP contribution in [0.5, 0.6) is 0 Å². The van der Waals surface area contributed by atoms with E-state index in [2.05, 4.69) is 40.6 Å². The molecule has 3 heteroatoms. The molecule has 102 valence electrons. The lowest BCUT2D eigenvalue weighted by Gasteiger charge is -2.07. The highest BCUT2D eigenvalue weighted by atomic mass is 16.3. The summed E-state index contributed by atoms with van der Waals surface area (Å²) in [7, 11) is 0. The first kappa shape index (κ1) is 12.9. The molecular formula is C17H18N2O. The van der Waals surface area contributed by atoms with Gasteiger partial charge in [0.1, 0.15) is 0 Å². The van der Waals surface area contributed by atoms with Crippen LogP contribution in [0.3, 0.4) is 0 Å². The molecule has 0 aliphatic rings. The third-order valence-electron chi connectivity index (χ3n) is 3.45. The molecule has 3 rings (SSSR count). The van der Waals surface area contributed by atoms with E-state index in [-0.39, 0.29) is 6.61 Å². The van der Waals surface area contributed by atoms with Crippen molar-refractivity contribution in [3.63, 3.8) is 0 Å². The van der Waals surface area contributed by atoms with Crippen LogP contribution in [0.4, 0.5) is 0 Å². The zero-order valence-corrected chi connectivity index (χ0v) is 11.3. The van der Waals surface area contributed by atoms with Gasteiger partial charge in [0, 0.05) is 24.8 Å². The van der Waals surface area contributed by atoms with Crippen molar-refractivity contribution < 1.29 is 5.11 Å². The molecule has 1 aromatic heterocycles. The van der Waals surface area contributed by atoms with Gasteiger partial charge in [0.15, 0.2) is 0 Å². The SMILES string of the molecule is OCc1cccc(CNCc2ccc3[nH]ccc3c2)c1. The van der Waals surface area contributed by atoms with Gasteiger partial charge in [-0.25, -0.2) is 0 Å². The minimum Gasteiger partial charge on any atom is -0.392 e.